The molecule has 0 fully saturated rings. The first-order chi connectivity index (χ1) is 9.20. The second kappa shape index (κ2) is 6.67. The summed E-state index contributed by atoms with van der Waals surface area (Å²) < 4.78 is 7.05. The van der Waals surface area contributed by atoms with E-state index in [4.69, 9.17) is 0 Å². The molecular weight excluding hydrogens is 332 g/mol. The molecule has 1 heterocycles. The number of ether oxygens (including phenoxy) is 1. The van der Waals surface area contributed by atoms with Crippen LogP contribution in [0.4, 0.5) is 0 Å². The molecule has 0 radical (unpaired) electrons. The van der Waals surface area contributed by atoms with Gasteiger partial charge in [-0.1, -0.05) is 45.9 Å². The standard InChI is InChI=1S/C11H11BrN4O2S/c1-18-10(17)6-16-11(13-14-15-16)19-7-8-4-2-3-5-9(8)12/h2-5H,6-7H2,1H3. The summed E-state index contributed by atoms with van der Waals surface area (Å²) in [7, 11) is 1.33. The van der Waals surface area contributed by atoms with Crippen molar-refractivity contribution in [2.45, 2.75) is 17.5 Å². The molecule has 0 atom stereocenters. The number of nitrogens with zero attached hydrogens (tertiary/aromatic N) is 4. The second-order valence-corrected chi connectivity index (χ2v) is 5.37. The molecule has 0 aliphatic carbocycles. The van der Waals surface area contributed by atoms with E-state index in [1.807, 2.05) is 24.3 Å². The van der Waals surface area contributed by atoms with E-state index >= 15 is 0 Å². The molecule has 0 saturated heterocycles. The zero-order valence-corrected chi connectivity index (χ0v) is 12.5. The Morgan fingerprint density at radius 2 is 2.26 bits per heavy atom. The van der Waals surface area contributed by atoms with Crippen LogP contribution in [0.2, 0.25) is 0 Å². The van der Waals surface area contributed by atoms with Crippen molar-refractivity contribution in [2.24, 2.45) is 0 Å². The van der Waals surface area contributed by atoms with Crippen molar-refractivity contribution in [3.8, 4) is 0 Å². The lowest BCUT2D eigenvalue weighted by Crippen LogP contribution is -2.13. The first kappa shape index (κ1) is 14.0. The predicted octanol–water partition coefficient (Wildman–Crippen LogP) is 1.90. The number of thioether (sulfide) groups is 1. The monoisotopic (exact) mass is 342 g/mol. The first-order valence-corrected chi connectivity index (χ1v) is 7.17. The van der Waals surface area contributed by atoms with Gasteiger partial charge < -0.3 is 4.74 Å². The van der Waals surface area contributed by atoms with Crippen molar-refractivity contribution >= 4 is 33.7 Å². The van der Waals surface area contributed by atoms with Gasteiger partial charge in [-0.05, 0) is 22.1 Å². The van der Waals surface area contributed by atoms with E-state index in [9.17, 15) is 4.79 Å². The molecule has 0 unspecified atom stereocenters. The number of methoxy groups -OCH3 is 1. The molecule has 0 N–H and O–H groups in total. The molecule has 1 aromatic carbocycles. The molecule has 2 rings (SSSR count). The quantitative estimate of drug-likeness (QED) is 0.610. The number of halogens is 1. The molecule has 0 amide bonds. The number of carbonyl (C=O) groups is 1. The summed E-state index contributed by atoms with van der Waals surface area (Å²) in [6.07, 6.45) is 0. The van der Waals surface area contributed by atoms with Gasteiger partial charge in [0.15, 0.2) is 0 Å². The summed E-state index contributed by atoms with van der Waals surface area (Å²) in [4.78, 5) is 11.2. The maximum Gasteiger partial charge on any atom is 0.327 e. The molecule has 100 valence electrons. The van der Waals surface area contributed by atoms with Crippen LogP contribution < -0.4 is 0 Å². The summed E-state index contributed by atoms with van der Waals surface area (Å²) >= 11 is 4.95. The van der Waals surface area contributed by atoms with Gasteiger partial charge in [-0.25, -0.2) is 4.68 Å². The maximum absolute atomic E-state index is 11.2. The van der Waals surface area contributed by atoms with E-state index in [1.165, 1.54) is 23.6 Å². The highest BCUT2D eigenvalue weighted by atomic mass is 79.9. The summed E-state index contributed by atoms with van der Waals surface area (Å²) in [6.45, 7) is 0.0157. The van der Waals surface area contributed by atoms with Gasteiger partial charge in [0.05, 0.1) is 7.11 Å². The van der Waals surface area contributed by atoms with E-state index in [0.717, 1.165) is 10.0 Å². The molecule has 0 spiro atoms. The SMILES string of the molecule is COC(=O)Cn1nnnc1SCc1ccccc1Br. The minimum absolute atomic E-state index is 0.0157. The lowest BCUT2D eigenvalue weighted by molar-refractivity contribution is -0.141. The molecule has 19 heavy (non-hydrogen) atoms. The molecule has 0 aliphatic heterocycles. The summed E-state index contributed by atoms with van der Waals surface area (Å²) in [5.74, 6) is 0.332. The van der Waals surface area contributed by atoms with E-state index < -0.39 is 0 Å². The Kier molecular flexibility index (Phi) is 4.92. The molecule has 2 aromatic rings. The zero-order chi connectivity index (χ0) is 13.7. The highest BCUT2D eigenvalue weighted by Gasteiger charge is 2.11. The average Bonchev–Trinajstić information content (AvgIpc) is 2.85. The van der Waals surface area contributed by atoms with Crippen LogP contribution in [0, 0.1) is 0 Å². The van der Waals surface area contributed by atoms with Gasteiger partial charge >= 0.3 is 5.97 Å². The number of aromatic nitrogens is 4. The van der Waals surface area contributed by atoms with E-state index in [-0.39, 0.29) is 12.5 Å². The molecule has 0 bridgehead atoms. The van der Waals surface area contributed by atoms with Crippen molar-refractivity contribution in [2.75, 3.05) is 7.11 Å². The molecule has 6 nitrogen and oxygen atoms in total. The topological polar surface area (TPSA) is 69.9 Å². The number of hydrogen-bond acceptors (Lipinski definition) is 6. The van der Waals surface area contributed by atoms with Gasteiger partial charge in [-0.2, -0.15) is 0 Å². The van der Waals surface area contributed by atoms with Crippen molar-refractivity contribution < 1.29 is 9.53 Å². The van der Waals surface area contributed by atoms with Gasteiger partial charge in [-0.15, -0.1) is 5.10 Å². The number of hydrogen-bond donors (Lipinski definition) is 0. The Morgan fingerprint density at radius 1 is 1.47 bits per heavy atom. The predicted molar refractivity (Wildman–Crippen MR) is 73.5 cm³/mol. The van der Waals surface area contributed by atoms with Crippen LogP contribution in [0.3, 0.4) is 0 Å². The zero-order valence-electron chi connectivity index (χ0n) is 10.1. The number of rotatable bonds is 5. The van der Waals surface area contributed by atoms with E-state index in [0.29, 0.717) is 10.9 Å². The average molecular weight is 343 g/mol. The number of tetrazole rings is 1. The van der Waals surface area contributed by atoms with Crippen LogP contribution in [0.1, 0.15) is 5.56 Å². The normalized spacial score (nSPS) is 10.4. The highest BCUT2D eigenvalue weighted by Crippen LogP contribution is 2.25. The third-order valence-electron chi connectivity index (χ3n) is 2.32. The van der Waals surface area contributed by atoms with Gasteiger partial charge in [-0.3, -0.25) is 4.79 Å². The number of esters is 1. The van der Waals surface area contributed by atoms with E-state index in [1.54, 1.807) is 0 Å². The summed E-state index contributed by atoms with van der Waals surface area (Å²) in [5, 5.41) is 11.8. The van der Waals surface area contributed by atoms with Gasteiger partial charge in [0.25, 0.3) is 0 Å². The number of carbonyl (C=O) groups excluding carboxylic acids is 1. The maximum atomic E-state index is 11.2. The molecule has 8 heteroatoms. The van der Waals surface area contributed by atoms with E-state index in [2.05, 4.69) is 36.2 Å². The second-order valence-electron chi connectivity index (χ2n) is 3.58. The molecular formula is C11H11BrN4O2S. The fourth-order valence-electron chi connectivity index (χ4n) is 1.34. The van der Waals surface area contributed by atoms with Crippen molar-refractivity contribution in [1.82, 2.24) is 20.2 Å². The molecule has 0 aliphatic rings. The van der Waals surface area contributed by atoms with Crippen molar-refractivity contribution in [1.29, 1.82) is 0 Å². The smallest absolute Gasteiger partial charge is 0.327 e. The van der Waals surface area contributed by atoms with Crippen molar-refractivity contribution in [3.63, 3.8) is 0 Å². The third kappa shape index (κ3) is 3.77. The van der Waals surface area contributed by atoms with Crippen LogP contribution in [-0.4, -0.2) is 33.3 Å². The largest absolute Gasteiger partial charge is 0.468 e. The lowest BCUT2D eigenvalue weighted by atomic mass is 10.2. The highest BCUT2D eigenvalue weighted by molar-refractivity contribution is 9.10. The number of benzene rings is 1. The fraction of sp³-hybridized carbons (Fsp3) is 0.273. The van der Waals surface area contributed by atoms with Crippen LogP contribution in [-0.2, 0) is 21.8 Å². The van der Waals surface area contributed by atoms with Crippen LogP contribution >= 0.6 is 27.7 Å². The van der Waals surface area contributed by atoms with Crippen LogP contribution in [0.25, 0.3) is 0 Å². The van der Waals surface area contributed by atoms with Gasteiger partial charge in [0, 0.05) is 10.2 Å². The lowest BCUT2D eigenvalue weighted by Gasteiger charge is -2.04. The van der Waals surface area contributed by atoms with Crippen LogP contribution in [0.15, 0.2) is 33.9 Å². The fourth-order valence-corrected chi connectivity index (χ4v) is 2.83. The first-order valence-electron chi connectivity index (χ1n) is 5.40. The Balaban J connectivity index is 2.02. The minimum Gasteiger partial charge on any atom is -0.468 e. The summed E-state index contributed by atoms with van der Waals surface area (Å²) in [6, 6.07) is 7.93. The molecule has 0 saturated carbocycles. The molecule has 1 aromatic heterocycles. The van der Waals surface area contributed by atoms with Crippen LogP contribution in [0.5, 0.6) is 0 Å². The Labute approximate surface area is 122 Å². The van der Waals surface area contributed by atoms with Gasteiger partial charge in [0.1, 0.15) is 6.54 Å². The van der Waals surface area contributed by atoms with Gasteiger partial charge in [0.2, 0.25) is 5.16 Å². The third-order valence-corrected chi connectivity index (χ3v) is 4.10. The Hall–Kier alpha value is -1.41. The summed E-state index contributed by atoms with van der Waals surface area (Å²) in [5.41, 5.74) is 1.14. The van der Waals surface area contributed by atoms with Crippen molar-refractivity contribution in [3.05, 3.63) is 34.3 Å². The Bertz CT molecular complexity index is 575. The Morgan fingerprint density at radius 3 is 3.00 bits per heavy atom. The minimum atomic E-state index is -0.380.